The summed E-state index contributed by atoms with van der Waals surface area (Å²) in [6.07, 6.45) is 0. The van der Waals surface area contributed by atoms with Crippen LogP contribution in [0.25, 0.3) is 166 Å². The van der Waals surface area contributed by atoms with Crippen LogP contribution in [-0.4, -0.2) is 9.13 Å². The first-order valence-corrected chi connectivity index (χ1v) is 48.1. The van der Waals surface area contributed by atoms with Gasteiger partial charge in [0.05, 0.1) is 27.8 Å². The number of benzene rings is 20. The molecule has 4 heteroatoms. The summed E-state index contributed by atoms with van der Waals surface area (Å²) in [6, 6.07) is 167. The monoisotopic (exact) mass is 1760 g/mol. The number of hydrogen-bond donors (Lipinski definition) is 0. The Hall–Kier alpha value is -16.4. The van der Waals surface area contributed by atoms with E-state index in [1.807, 2.05) is 0 Å². The van der Waals surface area contributed by atoms with E-state index in [0.717, 1.165) is 34.1 Å². The molecule has 0 aliphatic heterocycles. The van der Waals surface area contributed by atoms with Crippen LogP contribution in [0.5, 0.6) is 0 Å². The van der Waals surface area contributed by atoms with Crippen LogP contribution < -0.4 is 9.80 Å². The smallest absolute Gasteiger partial charge is 0.0541 e. The van der Waals surface area contributed by atoms with Crippen molar-refractivity contribution in [2.45, 2.75) is 85.5 Å². The lowest BCUT2D eigenvalue weighted by Crippen LogP contribution is -2.16. The Labute approximate surface area is 803 Å². The van der Waals surface area contributed by atoms with Crippen molar-refractivity contribution in [3.05, 3.63) is 505 Å². The maximum atomic E-state index is 2.47. The largest absolute Gasteiger partial charge is 0.311 e. The molecule has 0 N–H and O–H groups in total. The van der Waals surface area contributed by atoms with Gasteiger partial charge in [0.25, 0.3) is 0 Å². The van der Waals surface area contributed by atoms with Gasteiger partial charge in [-0.2, -0.15) is 0 Å². The summed E-state index contributed by atoms with van der Waals surface area (Å²) in [5.74, 6) is 0. The third kappa shape index (κ3) is 14.4. The molecular formula is C133H104N4. The summed E-state index contributed by atoms with van der Waals surface area (Å²) in [7, 11) is 0. The summed E-state index contributed by atoms with van der Waals surface area (Å²) in [5.41, 5.74) is 52.0. The molecule has 0 amide bonds. The zero-order valence-corrected chi connectivity index (χ0v) is 79.0. The lowest BCUT2D eigenvalue weighted by Gasteiger charge is -2.30. The van der Waals surface area contributed by atoms with Crippen molar-refractivity contribution < 1.29 is 0 Å². The second-order valence-corrected chi connectivity index (χ2v) is 39.5. The van der Waals surface area contributed by atoms with Crippen LogP contribution in [0.3, 0.4) is 0 Å². The van der Waals surface area contributed by atoms with Crippen LogP contribution in [0.1, 0.15) is 97.2 Å². The third-order valence-electron chi connectivity index (χ3n) is 29.7. The van der Waals surface area contributed by atoms with Crippen molar-refractivity contribution in [3.63, 3.8) is 0 Å². The fourth-order valence-electron chi connectivity index (χ4n) is 22.9. The molecule has 0 radical (unpaired) electrons. The molecule has 0 saturated carbocycles. The van der Waals surface area contributed by atoms with Gasteiger partial charge in [0.15, 0.2) is 0 Å². The SMILES string of the molecule is Cc1cc(C)cc(-c2ccc3c(c2)C(C)(C)c2cc(-n4c5ccccc5c5cc(-c6ccc(N(c7ccc(-c8ccccc8)cc7)c7ccc(-c8ccccc8)cc7)cc6)ccc54)ccc2-3)c1.Cc1cc(C)cc(-c2ccc3c(c2)C(C)(C)c2cc(-n4c5ccccc5c5cc(-c6ccc(N(c7ccc8c(c7)C(C)(C)c7ccccc7-8)c7ccccc7-c7ccccc7)cc6)ccc54)ccc2-3)c1. The highest BCUT2D eigenvalue weighted by molar-refractivity contribution is 6.12. The van der Waals surface area contributed by atoms with E-state index in [4.69, 9.17) is 0 Å². The molecule has 2 aromatic heterocycles. The molecule has 0 spiro atoms. The van der Waals surface area contributed by atoms with Crippen LogP contribution >= 0.6 is 0 Å². The normalized spacial score (nSPS) is 13.2. The fraction of sp³-hybridized carbons (Fsp3) is 0.0977. The van der Waals surface area contributed by atoms with Gasteiger partial charge in [-0.3, -0.25) is 0 Å². The van der Waals surface area contributed by atoms with Crippen molar-refractivity contribution in [1.82, 2.24) is 9.13 Å². The molecular weight excluding hydrogens is 1650 g/mol. The Kier molecular flexibility index (Phi) is 20.2. The molecule has 22 aromatic rings. The van der Waals surface area contributed by atoms with E-state index in [-0.39, 0.29) is 16.2 Å². The van der Waals surface area contributed by atoms with Gasteiger partial charge in [-0.25, -0.2) is 0 Å². The van der Waals surface area contributed by atoms with Crippen LogP contribution in [-0.2, 0) is 16.2 Å². The van der Waals surface area contributed by atoms with Gasteiger partial charge in [0.1, 0.15) is 0 Å². The van der Waals surface area contributed by atoms with E-state index < -0.39 is 0 Å². The second kappa shape index (κ2) is 33.1. The average Bonchev–Trinajstić information content (AvgIpc) is 1.57. The summed E-state index contributed by atoms with van der Waals surface area (Å²) in [5, 5.41) is 5.00. The molecule has 0 fully saturated rings. The van der Waals surface area contributed by atoms with Gasteiger partial charge < -0.3 is 18.9 Å². The topological polar surface area (TPSA) is 16.3 Å². The van der Waals surface area contributed by atoms with Crippen molar-refractivity contribution >= 4 is 77.7 Å². The molecule has 0 unspecified atom stereocenters. The van der Waals surface area contributed by atoms with Gasteiger partial charge in [0, 0.05) is 83.2 Å². The van der Waals surface area contributed by atoms with Crippen molar-refractivity contribution in [2.75, 3.05) is 9.80 Å². The number of hydrogen-bond acceptors (Lipinski definition) is 2. The zero-order valence-electron chi connectivity index (χ0n) is 79.0. The molecule has 0 atom stereocenters. The molecule has 25 rings (SSSR count). The number of aryl methyl sites for hydroxylation is 4. The minimum Gasteiger partial charge on any atom is -0.311 e. The Morgan fingerprint density at radius 1 is 0.168 bits per heavy atom. The summed E-state index contributed by atoms with van der Waals surface area (Å²) >= 11 is 0. The first-order valence-electron chi connectivity index (χ1n) is 48.1. The molecule has 3 aliphatic carbocycles. The standard InChI is InChI=1S/C68H54N2.C65H50N2/c1-43-36-44(2)38-49(37-43)48-26-32-55-57-34-31-52(42-63(57)68(5,6)61(55)40-48)70-65-23-15-12-20-58(65)59-39-47(27-35-66(59)70)45-24-28-50(29-25-45)69(64-22-14-11-18-53(64)46-16-8-7-9-17-46)51-30-33-56-54-19-10-13-21-60(54)67(3,4)62(56)41-51;1-43-37-44(2)39-52(38-43)51-25-34-57-58-35-33-56(42-62(58)65(3,4)61(57)41-51)67-63-18-12-11-17-59(63)60-40-50(26-36-64(60)67)49-23-31-55(32-24-49)66(53-27-19-47(20-28-53)45-13-7-5-8-14-45)54-29-21-48(22-30-54)46-15-9-6-10-16-46/h7-42H,1-6H3;5-42H,1-4H3. The number of fused-ring (bicyclic) bond motifs is 15. The number of anilines is 6. The maximum Gasteiger partial charge on any atom is 0.0541 e. The van der Waals surface area contributed by atoms with E-state index in [0.29, 0.717) is 0 Å². The highest BCUT2D eigenvalue weighted by atomic mass is 15.2. The van der Waals surface area contributed by atoms with E-state index in [9.17, 15) is 0 Å². The molecule has 0 saturated heterocycles. The molecule has 20 aromatic carbocycles. The summed E-state index contributed by atoms with van der Waals surface area (Å²) in [4.78, 5) is 4.80. The van der Waals surface area contributed by atoms with E-state index in [1.165, 1.54) is 222 Å². The first-order chi connectivity index (χ1) is 66.8. The Bertz CT molecular complexity index is 8410. The lowest BCUT2D eigenvalue weighted by molar-refractivity contribution is 0.660. The van der Waals surface area contributed by atoms with Crippen molar-refractivity contribution in [3.8, 4) is 123 Å². The quantitative estimate of drug-likeness (QED) is 0.102. The third-order valence-corrected chi connectivity index (χ3v) is 29.7. The number of para-hydroxylation sites is 3. The van der Waals surface area contributed by atoms with E-state index in [2.05, 4.69) is 537 Å². The Morgan fingerprint density at radius 3 is 0.891 bits per heavy atom. The van der Waals surface area contributed by atoms with Gasteiger partial charge in [-0.05, 0) is 306 Å². The van der Waals surface area contributed by atoms with Crippen LogP contribution in [0.15, 0.2) is 449 Å². The van der Waals surface area contributed by atoms with Gasteiger partial charge in [0.2, 0.25) is 0 Å². The van der Waals surface area contributed by atoms with Gasteiger partial charge in [-0.15, -0.1) is 0 Å². The van der Waals surface area contributed by atoms with Crippen molar-refractivity contribution in [1.29, 1.82) is 0 Å². The minimum atomic E-state index is -0.157. The second-order valence-electron chi connectivity index (χ2n) is 39.5. The zero-order chi connectivity index (χ0) is 92.7. The molecule has 656 valence electrons. The average molecular weight is 1760 g/mol. The molecule has 4 nitrogen and oxygen atoms in total. The summed E-state index contributed by atoms with van der Waals surface area (Å²) in [6.45, 7) is 23.0. The van der Waals surface area contributed by atoms with Crippen molar-refractivity contribution in [2.24, 2.45) is 0 Å². The fourth-order valence-corrected chi connectivity index (χ4v) is 22.9. The number of nitrogens with zero attached hydrogens (tertiary/aromatic N) is 4. The van der Waals surface area contributed by atoms with E-state index >= 15 is 0 Å². The van der Waals surface area contributed by atoms with Gasteiger partial charge >= 0.3 is 0 Å². The number of aromatic nitrogens is 2. The predicted octanol–water partition coefficient (Wildman–Crippen LogP) is 36.3. The molecule has 2 heterocycles. The number of rotatable bonds is 15. The van der Waals surface area contributed by atoms with Crippen LogP contribution in [0.4, 0.5) is 34.1 Å². The maximum absolute atomic E-state index is 2.47. The molecule has 3 aliphatic rings. The highest BCUT2D eigenvalue weighted by Crippen LogP contribution is 2.56. The van der Waals surface area contributed by atoms with Crippen LogP contribution in [0.2, 0.25) is 0 Å². The van der Waals surface area contributed by atoms with Gasteiger partial charge in [-0.1, -0.05) is 373 Å². The first kappa shape index (κ1) is 83.7. The minimum absolute atomic E-state index is 0.118. The summed E-state index contributed by atoms with van der Waals surface area (Å²) < 4.78 is 4.93. The van der Waals surface area contributed by atoms with E-state index in [1.54, 1.807) is 0 Å². The Morgan fingerprint density at radius 2 is 0.453 bits per heavy atom. The highest BCUT2D eigenvalue weighted by Gasteiger charge is 2.40. The lowest BCUT2D eigenvalue weighted by atomic mass is 9.81. The van der Waals surface area contributed by atoms with Crippen LogP contribution in [0, 0.1) is 27.7 Å². The predicted molar refractivity (Wildman–Crippen MR) is 581 cm³/mol. The molecule has 137 heavy (non-hydrogen) atoms. The Balaban J connectivity index is 0.000000150. The molecule has 0 bridgehead atoms.